The van der Waals surface area contributed by atoms with E-state index in [1.165, 1.54) is 11.8 Å². The molecule has 1 aliphatic heterocycles. The average Bonchev–Trinajstić information content (AvgIpc) is 3.33. The second kappa shape index (κ2) is 7.75. The molecule has 0 bridgehead atoms. The predicted octanol–water partition coefficient (Wildman–Crippen LogP) is 2.81. The zero-order chi connectivity index (χ0) is 19.6. The van der Waals surface area contributed by atoms with Gasteiger partial charge in [-0.25, -0.2) is 0 Å². The van der Waals surface area contributed by atoms with E-state index in [-0.39, 0.29) is 18.5 Å². The standard InChI is InChI=1S/C20H19N5O3S/c26-18(22-10-13-1-4-16-17(9-13)28-12-27-16)11-29-20-24-23-19(25(20)15-2-3-15)14-5-7-21-8-6-14/h1,4-9,15H,2-3,10-12H2,(H,22,26). The highest BCUT2D eigenvalue weighted by atomic mass is 32.2. The fourth-order valence-corrected chi connectivity index (χ4v) is 4.00. The first kappa shape index (κ1) is 18.0. The summed E-state index contributed by atoms with van der Waals surface area (Å²) >= 11 is 1.41. The van der Waals surface area contributed by atoms with E-state index in [1.807, 2.05) is 30.3 Å². The second-order valence-corrected chi connectivity index (χ2v) is 7.84. The molecule has 0 radical (unpaired) electrons. The fourth-order valence-electron chi connectivity index (χ4n) is 3.17. The van der Waals surface area contributed by atoms with Gasteiger partial charge >= 0.3 is 0 Å². The van der Waals surface area contributed by atoms with Gasteiger partial charge in [0, 0.05) is 30.5 Å². The van der Waals surface area contributed by atoms with Crippen molar-refractivity contribution < 1.29 is 14.3 Å². The summed E-state index contributed by atoms with van der Waals surface area (Å²) in [5.74, 6) is 2.51. The van der Waals surface area contributed by atoms with Gasteiger partial charge in [-0.05, 0) is 42.7 Å². The summed E-state index contributed by atoms with van der Waals surface area (Å²) in [5.41, 5.74) is 1.95. The van der Waals surface area contributed by atoms with E-state index >= 15 is 0 Å². The van der Waals surface area contributed by atoms with Gasteiger partial charge in [-0.15, -0.1) is 10.2 Å². The van der Waals surface area contributed by atoms with E-state index in [2.05, 4.69) is 25.1 Å². The molecule has 29 heavy (non-hydrogen) atoms. The Morgan fingerprint density at radius 1 is 1.14 bits per heavy atom. The SMILES string of the molecule is O=C(CSc1nnc(-c2ccncc2)n1C1CC1)NCc1ccc2c(c1)OCO2. The van der Waals surface area contributed by atoms with E-state index < -0.39 is 0 Å². The molecule has 1 fully saturated rings. The van der Waals surface area contributed by atoms with Gasteiger partial charge in [-0.2, -0.15) is 0 Å². The number of thioether (sulfide) groups is 1. The van der Waals surface area contributed by atoms with E-state index in [9.17, 15) is 4.79 Å². The molecule has 3 heterocycles. The number of rotatable bonds is 7. The summed E-state index contributed by atoms with van der Waals surface area (Å²) in [6, 6.07) is 9.93. The smallest absolute Gasteiger partial charge is 0.231 e. The number of hydrogen-bond acceptors (Lipinski definition) is 7. The Kier molecular flexibility index (Phi) is 4.81. The molecule has 0 spiro atoms. The summed E-state index contributed by atoms with van der Waals surface area (Å²) in [5, 5.41) is 12.4. The van der Waals surface area contributed by atoms with Gasteiger partial charge < -0.3 is 14.8 Å². The summed E-state index contributed by atoms with van der Waals surface area (Å²) in [7, 11) is 0. The van der Waals surface area contributed by atoms with E-state index in [4.69, 9.17) is 9.47 Å². The zero-order valence-electron chi connectivity index (χ0n) is 15.6. The Morgan fingerprint density at radius 2 is 1.97 bits per heavy atom. The molecule has 1 N–H and O–H groups in total. The number of benzene rings is 1. The number of nitrogens with zero attached hydrogens (tertiary/aromatic N) is 4. The fraction of sp³-hybridized carbons (Fsp3) is 0.300. The van der Waals surface area contributed by atoms with Crippen LogP contribution in [0, 0.1) is 0 Å². The van der Waals surface area contributed by atoms with Crippen LogP contribution in [0.5, 0.6) is 11.5 Å². The minimum Gasteiger partial charge on any atom is -0.454 e. The van der Waals surface area contributed by atoms with Gasteiger partial charge in [0.2, 0.25) is 12.7 Å². The maximum absolute atomic E-state index is 12.3. The number of fused-ring (bicyclic) bond motifs is 1. The maximum atomic E-state index is 12.3. The van der Waals surface area contributed by atoms with Crippen LogP contribution >= 0.6 is 11.8 Å². The molecular formula is C20H19N5O3S. The molecule has 1 saturated carbocycles. The molecule has 8 nitrogen and oxygen atoms in total. The summed E-state index contributed by atoms with van der Waals surface area (Å²) in [6.07, 6.45) is 5.72. The largest absolute Gasteiger partial charge is 0.454 e. The van der Waals surface area contributed by atoms with Gasteiger partial charge in [-0.1, -0.05) is 17.8 Å². The Balaban J connectivity index is 1.21. The van der Waals surface area contributed by atoms with Crippen molar-refractivity contribution in [3.05, 3.63) is 48.3 Å². The number of pyridine rings is 1. The highest BCUT2D eigenvalue weighted by Crippen LogP contribution is 2.41. The van der Waals surface area contributed by atoms with Crippen molar-refractivity contribution >= 4 is 17.7 Å². The molecule has 1 aliphatic carbocycles. The Labute approximate surface area is 171 Å². The van der Waals surface area contributed by atoms with E-state index in [0.717, 1.165) is 40.7 Å². The molecule has 2 aromatic heterocycles. The van der Waals surface area contributed by atoms with E-state index in [1.54, 1.807) is 12.4 Å². The average molecular weight is 409 g/mol. The molecule has 1 aromatic carbocycles. The third kappa shape index (κ3) is 3.91. The van der Waals surface area contributed by atoms with Crippen LogP contribution in [0.1, 0.15) is 24.4 Å². The molecule has 1 amide bonds. The van der Waals surface area contributed by atoms with Crippen molar-refractivity contribution in [2.45, 2.75) is 30.6 Å². The van der Waals surface area contributed by atoms with Crippen molar-refractivity contribution in [2.75, 3.05) is 12.5 Å². The van der Waals surface area contributed by atoms with Crippen molar-refractivity contribution in [3.63, 3.8) is 0 Å². The first-order chi connectivity index (χ1) is 14.3. The lowest BCUT2D eigenvalue weighted by atomic mass is 10.2. The number of hydrogen-bond donors (Lipinski definition) is 1. The van der Waals surface area contributed by atoms with Crippen LogP contribution in [-0.2, 0) is 11.3 Å². The lowest BCUT2D eigenvalue weighted by Crippen LogP contribution is -2.24. The second-order valence-electron chi connectivity index (χ2n) is 6.90. The normalized spacial score (nSPS) is 14.8. The molecule has 2 aliphatic rings. The maximum Gasteiger partial charge on any atom is 0.231 e. The molecule has 148 valence electrons. The van der Waals surface area contributed by atoms with Gasteiger partial charge in [0.15, 0.2) is 22.5 Å². The van der Waals surface area contributed by atoms with Gasteiger partial charge in [0.25, 0.3) is 0 Å². The van der Waals surface area contributed by atoms with Crippen molar-refractivity contribution in [3.8, 4) is 22.9 Å². The van der Waals surface area contributed by atoms with Crippen molar-refractivity contribution in [2.24, 2.45) is 0 Å². The highest BCUT2D eigenvalue weighted by Gasteiger charge is 2.30. The number of carbonyl (C=O) groups excluding carboxylic acids is 1. The first-order valence-electron chi connectivity index (χ1n) is 9.41. The van der Waals surface area contributed by atoms with Crippen LogP contribution < -0.4 is 14.8 Å². The molecule has 0 atom stereocenters. The summed E-state index contributed by atoms with van der Waals surface area (Å²) in [4.78, 5) is 16.4. The topological polar surface area (TPSA) is 91.2 Å². The molecule has 5 rings (SSSR count). The number of amides is 1. The molecular weight excluding hydrogens is 390 g/mol. The Hall–Kier alpha value is -3.07. The van der Waals surface area contributed by atoms with Gasteiger partial charge in [0.1, 0.15) is 0 Å². The van der Waals surface area contributed by atoms with Gasteiger partial charge in [-0.3, -0.25) is 14.3 Å². The summed E-state index contributed by atoms with van der Waals surface area (Å²) < 4.78 is 12.8. The number of carbonyl (C=O) groups is 1. The molecule has 9 heteroatoms. The van der Waals surface area contributed by atoms with Crippen LogP contribution in [0.25, 0.3) is 11.4 Å². The quantitative estimate of drug-likeness (QED) is 0.600. The monoisotopic (exact) mass is 409 g/mol. The van der Waals surface area contributed by atoms with Gasteiger partial charge in [0.05, 0.1) is 5.75 Å². The third-order valence-electron chi connectivity index (χ3n) is 4.77. The Bertz CT molecular complexity index is 1040. The van der Waals surface area contributed by atoms with Crippen molar-refractivity contribution in [1.82, 2.24) is 25.1 Å². The Morgan fingerprint density at radius 3 is 2.79 bits per heavy atom. The van der Waals surface area contributed by atoms with Crippen LogP contribution in [0.2, 0.25) is 0 Å². The number of aromatic nitrogens is 4. The molecule has 3 aromatic rings. The number of nitrogens with one attached hydrogen (secondary N) is 1. The summed E-state index contributed by atoms with van der Waals surface area (Å²) in [6.45, 7) is 0.679. The predicted molar refractivity (Wildman–Crippen MR) is 107 cm³/mol. The van der Waals surface area contributed by atoms with Crippen LogP contribution in [0.4, 0.5) is 0 Å². The molecule has 0 unspecified atom stereocenters. The minimum absolute atomic E-state index is 0.0523. The van der Waals surface area contributed by atoms with Crippen LogP contribution in [0.15, 0.2) is 47.9 Å². The third-order valence-corrected chi connectivity index (χ3v) is 5.72. The highest BCUT2D eigenvalue weighted by molar-refractivity contribution is 7.99. The molecule has 0 saturated heterocycles. The van der Waals surface area contributed by atoms with Crippen LogP contribution in [-0.4, -0.2) is 38.2 Å². The van der Waals surface area contributed by atoms with E-state index in [0.29, 0.717) is 18.3 Å². The zero-order valence-corrected chi connectivity index (χ0v) is 16.4. The van der Waals surface area contributed by atoms with Crippen LogP contribution in [0.3, 0.4) is 0 Å². The minimum atomic E-state index is -0.0523. The first-order valence-corrected chi connectivity index (χ1v) is 10.4. The lowest BCUT2D eigenvalue weighted by molar-refractivity contribution is -0.118. The lowest BCUT2D eigenvalue weighted by Gasteiger charge is -2.09. The number of ether oxygens (including phenoxy) is 2. The van der Waals surface area contributed by atoms with Crippen molar-refractivity contribution in [1.29, 1.82) is 0 Å².